The van der Waals surface area contributed by atoms with Gasteiger partial charge < -0.3 is 0 Å². The molecule has 0 aliphatic rings. The second kappa shape index (κ2) is 7.20. The number of hydrogen-bond donors (Lipinski definition) is 0. The molecule has 1 radical (unpaired) electrons. The fourth-order valence-electron chi connectivity index (χ4n) is 0.727. The summed E-state index contributed by atoms with van der Waals surface area (Å²) in [6.07, 6.45) is 4.60. The van der Waals surface area contributed by atoms with Gasteiger partial charge in [-0.1, -0.05) is 13.0 Å². The zero-order valence-corrected chi connectivity index (χ0v) is 7.62. The average Bonchev–Trinajstić information content (AvgIpc) is 1.98. The quantitative estimate of drug-likeness (QED) is 0.421. The molecule has 0 aromatic carbocycles. The molecule has 0 saturated carbocycles. The normalized spacial score (nSPS) is 13.0. The smallest absolute Gasteiger partial charge is 0.00672 e. The Bertz CT molecular complexity index is 78.8. The molecule has 59 valence electrons. The summed E-state index contributed by atoms with van der Waals surface area (Å²) in [6.45, 7) is 9.72. The Morgan fingerprint density at radius 1 is 1.60 bits per heavy atom. The van der Waals surface area contributed by atoms with Gasteiger partial charge in [0.2, 0.25) is 0 Å². The van der Waals surface area contributed by atoms with Gasteiger partial charge in [-0.05, 0) is 37.2 Å². The van der Waals surface area contributed by atoms with Crippen molar-refractivity contribution in [2.24, 2.45) is 5.92 Å². The Kier molecular flexibility index (Phi) is 7.26. The molecule has 0 aromatic rings. The van der Waals surface area contributed by atoms with Gasteiger partial charge >= 0.3 is 0 Å². The molecule has 0 rings (SSSR count). The van der Waals surface area contributed by atoms with Crippen molar-refractivity contribution in [2.75, 3.05) is 11.5 Å². The third-order valence-corrected chi connectivity index (χ3v) is 2.36. The van der Waals surface area contributed by atoms with E-state index in [1.807, 2.05) is 17.8 Å². The van der Waals surface area contributed by atoms with Crippen molar-refractivity contribution >= 4 is 11.8 Å². The monoisotopic (exact) mass is 157 g/mol. The van der Waals surface area contributed by atoms with Crippen molar-refractivity contribution < 1.29 is 0 Å². The summed E-state index contributed by atoms with van der Waals surface area (Å²) in [5, 5.41) is 0. The number of hydrogen-bond acceptors (Lipinski definition) is 1. The molecule has 0 spiro atoms. The fraction of sp³-hybridized carbons (Fsp3) is 0.667. The van der Waals surface area contributed by atoms with Gasteiger partial charge in [-0.25, -0.2) is 0 Å². The summed E-state index contributed by atoms with van der Waals surface area (Å²) < 4.78 is 0. The highest BCUT2D eigenvalue weighted by atomic mass is 32.2. The Morgan fingerprint density at radius 3 is 2.80 bits per heavy atom. The second-order valence-corrected chi connectivity index (χ2v) is 3.69. The van der Waals surface area contributed by atoms with E-state index in [1.165, 1.54) is 18.6 Å². The van der Waals surface area contributed by atoms with Crippen molar-refractivity contribution in [2.45, 2.75) is 19.8 Å². The van der Waals surface area contributed by atoms with E-state index >= 15 is 0 Å². The van der Waals surface area contributed by atoms with Crippen LogP contribution in [0.3, 0.4) is 0 Å². The van der Waals surface area contributed by atoms with Gasteiger partial charge in [0.25, 0.3) is 0 Å². The van der Waals surface area contributed by atoms with Crippen LogP contribution in [0.2, 0.25) is 0 Å². The van der Waals surface area contributed by atoms with E-state index < -0.39 is 0 Å². The minimum absolute atomic E-state index is 0.686. The van der Waals surface area contributed by atoms with E-state index in [1.54, 1.807) is 0 Å². The van der Waals surface area contributed by atoms with Crippen LogP contribution in [-0.4, -0.2) is 11.5 Å². The Labute approximate surface area is 69.1 Å². The van der Waals surface area contributed by atoms with Gasteiger partial charge in [0.15, 0.2) is 0 Å². The minimum atomic E-state index is 0.686. The number of rotatable bonds is 6. The summed E-state index contributed by atoms with van der Waals surface area (Å²) in [5.74, 6) is 2.94. The number of allylic oxidation sites excluding steroid dienone is 1. The highest BCUT2D eigenvalue weighted by Gasteiger charge is 1.94. The first-order valence-electron chi connectivity index (χ1n) is 3.80. The molecular weight excluding hydrogens is 140 g/mol. The summed E-state index contributed by atoms with van der Waals surface area (Å²) in [4.78, 5) is 0. The largest absolute Gasteiger partial charge is 0.162 e. The predicted molar refractivity (Wildman–Crippen MR) is 51.3 cm³/mol. The molecule has 0 saturated heterocycles. The Morgan fingerprint density at radius 2 is 2.30 bits per heavy atom. The molecule has 0 bridgehead atoms. The van der Waals surface area contributed by atoms with Gasteiger partial charge in [0, 0.05) is 0 Å². The summed E-state index contributed by atoms with van der Waals surface area (Å²) in [5.41, 5.74) is 0. The number of thioether (sulfide) groups is 1. The van der Waals surface area contributed by atoms with Crippen LogP contribution in [0.4, 0.5) is 0 Å². The van der Waals surface area contributed by atoms with Crippen molar-refractivity contribution in [3.05, 3.63) is 19.6 Å². The lowest BCUT2D eigenvalue weighted by atomic mass is 10.1. The average molecular weight is 157 g/mol. The molecule has 1 heteroatoms. The fourth-order valence-corrected chi connectivity index (χ4v) is 1.30. The second-order valence-electron chi connectivity index (χ2n) is 2.47. The molecule has 1 atom stereocenters. The predicted octanol–water partition coefficient (Wildman–Crippen LogP) is 3.16. The van der Waals surface area contributed by atoms with Crippen molar-refractivity contribution in [1.82, 2.24) is 0 Å². The van der Waals surface area contributed by atoms with Gasteiger partial charge in [0.1, 0.15) is 0 Å². The van der Waals surface area contributed by atoms with Gasteiger partial charge in [-0.3, -0.25) is 0 Å². The minimum Gasteiger partial charge on any atom is -0.162 e. The maximum Gasteiger partial charge on any atom is -0.00672 e. The lowest BCUT2D eigenvalue weighted by molar-refractivity contribution is 0.639. The van der Waals surface area contributed by atoms with E-state index in [0.29, 0.717) is 5.92 Å². The van der Waals surface area contributed by atoms with Gasteiger partial charge in [0.05, 0.1) is 0 Å². The zero-order chi connectivity index (χ0) is 7.82. The van der Waals surface area contributed by atoms with Crippen molar-refractivity contribution in [3.63, 3.8) is 0 Å². The van der Waals surface area contributed by atoms with Gasteiger partial charge in [-0.2, -0.15) is 11.8 Å². The van der Waals surface area contributed by atoms with Crippen LogP contribution in [0, 0.1) is 12.8 Å². The molecular formula is C9H17S. The highest BCUT2D eigenvalue weighted by molar-refractivity contribution is 7.99. The molecule has 10 heavy (non-hydrogen) atoms. The van der Waals surface area contributed by atoms with Crippen LogP contribution in [0.25, 0.3) is 0 Å². The van der Waals surface area contributed by atoms with Crippen LogP contribution in [0.1, 0.15) is 19.8 Å². The third kappa shape index (κ3) is 6.21. The summed E-state index contributed by atoms with van der Waals surface area (Å²) >= 11 is 1.92. The molecule has 0 amide bonds. The van der Waals surface area contributed by atoms with Crippen molar-refractivity contribution in [1.29, 1.82) is 0 Å². The topological polar surface area (TPSA) is 0 Å². The van der Waals surface area contributed by atoms with E-state index in [2.05, 4.69) is 20.4 Å². The maximum absolute atomic E-state index is 3.77. The molecule has 0 nitrogen and oxygen atoms in total. The first-order valence-corrected chi connectivity index (χ1v) is 4.96. The SMILES string of the molecule is [CH2]CSCCCC(C)C=C. The van der Waals surface area contributed by atoms with Crippen LogP contribution in [-0.2, 0) is 0 Å². The lowest BCUT2D eigenvalue weighted by Gasteiger charge is -2.03. The molecule has 0 N–H and O–H groups in total. The standard InChI is InChI=1S/C9H17S/c1-4-9(3)7-6-8-10-5-2/h4,9H,1-2,5-8H2,3H3. The Hall–Kier alpha value is 0.0900. The molecule has 0 aliphatic carbocycles. The van der Waals surface area contributed by atoms with E-state index in [9.17, 15) is 0 Å². The van der Waals surface area contributed by atoms with Crippen LogP contribution >= 0.6 is 11.8 Å². The molecule has 0 aromatic heterocycles. The van der Waals surface area contributed by atoms with Gasteiger partial charge in [-0.15, -0.1) is 6.58 Å². The van der Waals surface area contributed by atoms with E-state index in [-0.39, 0.29) is 0 Å². The summed E-state index contributed by atoms with van der Waals surface area (Å²) in [6, 6.07) is 0. The highest BCUT2D eigenvalue weighted by Crippen LogP contribution is 2.09. The summed E-state index contributed by atoms with van der Waals surface area (Å²) in [7, 11) is 0. The molecule has 0 fully saturated rings. The van der Waals surface area contributed by atoms with Crippen LogP contribution < -0.4 is 0 Å². The first-order chi connectivity index (χ1) is 4.81. The van der Waals surface area contributed by atoms with Crippen molar-refractivity contribution in [3.8, 4) is 0 Å². The van der Waals surface area contributed by atoms with Crippen LogP contribution in [0.15, 0.2) is 12.7 Å². The molecule has 0 aliphatic heterocycles. The molecule has 1 unspecified atom stereocenters. The van der Waals surface area contributed by atoms with E-state index in [4.69, 9.17) is 0 Å². The van der Waals surface area contributed by atoms with E-state index in [0.717, 1.165) is 5.75 Å². The zero-order valence-electron chi connectivity index (χ0n) is 6.81. The lowest BCUT2D eigenvalue weighted by Crippen LogP contribution is -1.90. The maximum atomic E-state index is 3.77. The Balaban J connectivity index is 2.95. The first kappa shape index (κ1) is 10.1. The third-order valence-electron chi connectivity index (χ3n) is 1.49. The molecule has 0 heterocycles. The van der Waals surface area contributed by atoms with Crippen LogP contribution in [0.5, 0.6) is 0 Å².